The lowest BCUT2D eigenvalue weighted by molar-refractivity contribution is -0.122. The van der Waals surface area contributed by atoms with E-state index < -0.39 is 0 Å². The number of nitrogens with one attached hydrogen (secondary N) is 1. The number of likely N-dealkylation sites (N-methyl/N-ethyl adjacent to an activating group) is 1. The number of amides is 1. The lowest BCUT2D eigenvalue weighted by Gasteiger charge is -2.14. The van der Waals surface area contributed by atoms with E-state index in [1.807, 2.05) is 12.1 Å². The molecule has 0 aliphatic rings. The molecule has 0 fully saturated rings. The SMILES string of the molecule is CN(CCO)CC(=O)NCc1ccc(Cl)cc1. The zero-order chi connectivity index (χ0) is 12.7. The highest BCUT2D eigenvalue weighted by Crippen LogP contribution is 2.08. The maximum Gasteiger partial charge on any atom is 0.234 e. The van der Waals surface area contributed by atoms with E-state index >= 15 is 0 Å². The third kappa shape index (κ3) is 5.68. The summed E-state index contributed by atoms with van der Waals surface area (Å²) in [5.74, 6) is -0.0594. The van der Waals surface area contributed by atoms with Crippen molar-refractivity contribution in [1.82, 2.24) is 10.2 Å². The minimum absolute atomic E-state index is 0.0565. The number of nitrogens with zero attached hydrogens (tertiary/aromatic N) is 1. The van der Waals surface area contributed by atoms with Gasteiger partial charge < -0.3 is 10.4 Å². The Labute approximate surface area is 106 Å². The van der Waals surface area contributed by atoms with E-state index in [2.05, 4.69) is 5.32 Å². The maximum absolute atomic E-state index is 11.5. The van der Waals surface area contributed by atoms with Crippen LogP contribution in [-0.2, 0) is 11.3 Å². The summed E-state index contributed by atoms with van der Waals surface area (Å²) >= 11 is 5.76. The summed E-state index contributed by atoms with van der Waals surface area (Å²) in [5, 5.41) is 12.2. The highest BCUT2D eigenvalue weighted by molar-refractivity contribution is 6.30. The fraction of sp³-hybridized carbons (Fsp3) is 0.417. The summed E-state index contributed by atoms with van der Waals surface area (Å²) in [6.07, 6.45) is 0. The molecule has 0 saturated carbocycles. The van der Waals surface area contributed by atoms with Gasteiger partial charge in [0.05, 0.1) is 13.2 Å². The Balaban J connectivity index is 2.30. The van der Waals surface area contributed by atoms with Gasteiger partial charge in [-0.25, -0.2) is 0 Å². The highest BCUT2D eigenvalue weighted by Gasteiger charge is 2.05. The number of aliphatic hydroxyl groups is 1. The molecule has 0 heterocycles. The molecule has 0 atom stereocenters. The van der Waals surface area contributed by atoms with Crippen molar-refractivity contribution in [2.24, 2.45) is 0 Å². The fourth-order valence-electron chi connectivity index (χ4n) is 1.35. The lowest BCUT2D eigenvalue weighted by atomic mass is 10.2. The largest absolute Gasteiger partial charge is 0.395 e. The van der Waals surface area contributed by atoms with Crippen LogP contribution in [0.25, 0.3) is 0 Å². The third-order valence-corrected chi connectivity index (χ3v) is 2.55. The van der Waals surface area contributed by atoms with E-state index in [-0.39, 0.29) is 19.1 Å². The van der Waals surface area contributed by atoms with Gasteiger partial charge in [-0.2, -0.15) is 0 Å². The first kappa shape index (κ1) is 14.0. The molecule has 0 aromatic heterocycles. The number of hydrogen-bond acceptors (Lipinski definition) is 3. The van der Waals surface area contributed by atoms with Crippen LogP contribution in [-0.4, -0.2) is 42.7 Å². The van der Waals surface area contributed by atoms with Gasteiger partial charge in [-0.15, -0.1) is 0 Å². The van der Waals surface area contributed by atoms with Crippen molar-refractivity contribution in [3.8, 4) is 0 Å². The average Bonchev–Trinajstić information content (AvgIpc) is 2.28. The molecule has 0 spiro atoms. The summed E-state index contributed by atoms with van der Waals surface area (Å²) in [6.45, 7) is 1.33. The quantitative estimate of drug-likeness (QED) is 0.795. The molecule has 0 radical (unpaired) electrons. The monoisotopic (exact) mass is 256 g/mol. The summed E-state index contributed by atoms with van der Waals surface area (Å²) in [4.78, 5) is 13.3. The Bertz CT molecular complexity index is 354. The van der Waals surface area contributed by atoms with Gasteiger partial charge in [-0.1, -0.05) is 23.7 Å². The Morgan fingerprint density at radius 3 is 2.65 bits per heavy atom. The summed E-state index contributed by atoms with van der Waals surface area (Å²) in [6, 6.07) is 7.34. The Morgan fingerprint density at radius 2 is 2.06 bits per heavy atom. The minimum Gasteiger partial charge on any atom is -0.395 e. The third-order valence-electron chi connectivity index (χ3n) is 2.30. The molecule has 0 unspecified atom stereocenters. The summed E-state index contributed by atoms with van der Waals surface area (Å²) in [7, 11) is 1.79. The molecule has 5 heteroatoms. The van der Waals surface area contributed by atoms with Crippen LogP contribution in [0.3, 0.4) is 0 Å². The van der Waals surface area contributed by atoms with Crippen molar-refractivity contribution in [2.75, 3.05) is 26.7 Å². The van der Waals surface area contributed by atoms with Gasteiger partial charge >= 0.3 is 0 Å². The van der Waals surface area contributed by atoms with Gasteiger partial charge in [0.1, 0.15) is 0 Å². The lowest BCUT2D eigenvalue weighted by Crippen LogP contribution is -2.36. The van der Waals surface area contributed by atoms with E-state index in [0.29, 0.717) is 18.1 Å². The Morgan fingerprint density at radius 1 is 1.41 bits per heavy atom. The van der Waals surface area contributed by atoms with Crippen molar-refractivity contribution in [3.63, 3.8) is 0 Å². The van der Waals surface area contributed by atoms with Gasteiger partial charge in [0.25, 0.3) is 0 Å². The number of aliphatic hydroxyl groups excluding tert-OH is 1. The molecule has 1 amide bonds. The van der Waals surface area contributed by atoms with Crippen molar-refractivity contribution in [1.29, 1.82) is 0 Å². The van der Waals surface area contributed by atoms with Crippen molar-refractivity contribution < 1.29 is 9.90 Å². The van der Waals surface area contributed by atoms with Crippen LogP contribution in [0.15, 0.2) is 24.3 Å². The Hall–Kier alpha value is -1.10. The standard InChI is InChI=1S/C12H17ClN2O2/c1-15(6-7-16)9-12(17)14-8-10-2-4-11(13)5-3-10/h2-5,16H,6-9H2,1H3,(H,14,17). The van der Waals surface area contributed by atoms with Crippen LogP contribution in [0.4, 0.5) is 0 Å². The first-order valence-corrected chi connectivity index (χ1v) is 5.80. The molecular weight excluding hydrogens is 240 g/mol. The number of carbonyl (C=O) groups excluding carboxylic acids is 1. The van der Waals surface area contributed by atoms with Crippen molar-refractivity contribution in [3.05, 3.63) is 34.9 Å². The van der Waals surface area contributed by atoms with Crippen LogP contribution < -0.4 is 5.32 Å². The molecule has 1 aromatic rings. The predicted octanol–water partition coefficient (Wildman–Crippen LogP) is 0.880. The molecule has 0 bridgehead atoms. The van der Waals surface area contributed by atoms with Crippen LogP contribution >= 0.6 is 11.6 Å². The minimum atomic E-state index is -0.0594. The molecule has 1 aromatic carbocycles. The molecule has 0 aliphatic heterocycles. The van der Waals surface area contributed by atoms with Gasteiger partial charge in [-0.05, 0) is 24.7 Å². The predicted molar refractivity (Wildman–Crippen MR) is 67.9 cm³/mol. The van der Waals surface area contributed by atoms with E-state index in [0.717, 1.165) is 5.56 Å². The summed E-state index contributed by atoms with van der Waals surface area (Å²) < 4.78 is 0. The van der Waals surface area contributed by atoms with E-state index in [1.165, 1.54) is 0 Å². The molecule has 94 valence electrons. The van der Waals surface area contributed by atoms with Gasteiger partial charge in [-0.3, -0.25) is 9.69 Å². The van der Waals surface area contributed by atoms with E-state index in [9.17, 15) is 4.79 Å². The number of carbonyl (C=O) groups is 1. The second-order valence-corrected chi connectivity index (χ2v) is 4.30. The average molecular weight is 257 g/mol. The van der Waals surface area contributed by atoms with Crippen LogP contribution in [0.1, 0.15) is 5.56 Å². The van der Waals surface area contributed by atoms with E-state index in [1.54, 1.807) is 24.1 Å². The first-order chi connectivity index (χ1) is 8.11. The second-order valence-electron chi connectivity index (χ2n) is 3.86. The number of hydrogen-bond donors (Lipinski definition) is 2. The van der Waals surface area contributed by atoms with Crippen molar-refractivity contribution in [2.45, 2.75) is 6.54 Å². The van der Waals surface area contributed by atoms with Gasteiger partial charge in [0, 0.05) is 18.1 Å². The second kappa shape index (κ2) is 7.27. The number of benzene rings is 1. The number of halogens is 1. The maximum atomic E-state index is 11.5. The first-order valence-electron chi connectivity index (χ1n) is 5.42. The normalized spacial score (nSPS) is 10.6. The van der Waals surface area contributed by atoms with Gasteiger partial charge in [0.15, 0.2) is 0 Å². The molecule has 2 N–H and O–H groups in total. The molecule has 1 rings (SSSR count). The van der Waals surface area contributed by atoms with Crippen LogP contribution in [0, 0.1) is 0 Å². The highest BCUT2D eigenvalue weighted by atomic mass is 35.5. The topological polar surface area (TPSA) is 52.6 Å². The van der Waals surface area contributed by atoms with Crippen LogP contribution in [0.2, 0.25) is 5.02 Å². The zero-order valence-corrected chi connectivity index (χ0v) is 10.6. The molecular formula is C12H17ClN2O2. The molecule has 4 nitrogen and oxygen atoms in total. The van der Waals surface area contributed by atoms with Gasteiger partial charge in [0.2, 0.25) is 5.91 Å². The fourth-order valence-corrected chi connectivity index (χ4v) is 1.48. The Kier molecular flexibility index (Phi) is 5.97. The molecule has 17 heavy (non-hydrogen) atoms. The van der Waals surface area contributed by atoms with Crippen molar-refractivity contribution >= 4 is 17.5 Å². The van der Waals surface area contributed by atoms with Crippen LogP contribution in [0.5, 0.6) is 0 Å². The zero-order valence-electron chi connectivity index (χ0n) is 9.82. The molecule has 0 saturated heterocycles. The smallest absolute Gasteiger partial charge is 0.234 e. The number of rotatable bonds is 6. The molecule has 0 aliphatic carbocycles. The van der Waals surface area contributed by atoms with E-state index in [4.69, 9.17) is 16.7 Å². The summed E-state index contributed by atoms with van der Waals surface area (Å²) in [5.41, 5.74) is 1.01.